The fourth-order valence-corrected chi connectivity index (χ4v) is 1.77. The number of nitrogens with one attached hydrogen (secondary N) is 1. The second-order valence-electron chi connectivity index (χ2n) is 4.94. The van der Waals surface area contributed by atoms with E-state index in [-0.39, 0.29) is 5.82 Å². The monoisotopic (exact) mass is 262 g/mol. The summed E-state index contributed by atoms with van der Waals surface area (Å²) in [5, 5.41) is 3.30. The Balaban J connectivity index is 2.05. The van der Waals surface area contributed by atoms with Gasteiger partial charge in [0.2, 0.25) is 0 Å². The highest BCUT2D eigenvalue weighted by molar-refractivity contribution is 5.56. The number of aryl methyl sites for hydroxylation is 1. The Kier molecular flexibility index (Phi) is 4.32. The zero-order valence-electron chi connectivity index (χ0n) is 11.5. The topological polar surface area (TPSA) is 38.1 Å². The Labute approximate surface area is 112 Å². The number of rotatable bonds is 5. The normalized spacial score (nSPS) is 11.2. The molecule has 0 atom stereocenters. The largest absolute Gasteiger partial charge is 0.441 e. The van der Waals surface area contributed by atoms with Crippen LogP contribution >= 0.6 is 0 Å². The summed E-state index contributed by atoms with van der Waals surface area (Å²) in [7, 11) is 0. The molecule has 0 radical (unpaired) electrons. The van der Waals surface area contributed by atoms with Gasteiger partial charge in [-0.05, 0) is 18.6 Å². The third-order valence-corrected chi connectivity index (χ3v) is 2.90. The highest BCUT2D eigenvalue weighted by Gasteiger charge is 2.08. The first-order valence-electron chi connectivity index (χ1n) is 6.51. The minimum Gasteiger partial charge on any atom is -0.441 e. The maximum Gasteiger partial charge on any atom is 0.196 e. The van der Waals surface area contributed by atoms with Gasteiger partial charge in [0.1, 0.15) is 5.82 Å². The van der Waals surface area contributed by atoms with Gasteiger partial charge in [-0.25, -0.2) is 9.37 Å². The van der Waals surface area contributed by atoms with Crippen LogP contribution in [0.1, 0.15) is 25.3 Å². The minimum absolute atomic E-state index is 0.225. The summed E-state index contributed by atoms with van der Waals surface area (Å²) in [5.41, 5.74) is 1.35. The lowest BCUT2D eigenvalue weighted by Crippen LogP contribution is -2.24. The second kappa shape index (κ2) is 5.97. The number of hydrogen-bond donors (Lipinski definition) is 1. The standard InChI is InChI=1S/C15H19FN2O/c1-10(2)17-7-6-15-18-9-14(19-15)12-5-4-11(3)13(16)8-12/h4-5,8-10,17H,6-7H2,1-3H3. The summed E-state index contributed by atoms with van der Waals surface area (Å²) in [6, 6.07) is 5.51. The molecule has 0 saturated carbocycles. The van der Waals surface area contributed by atoms with E-state index in [1.165, 1.54) is 6.07 Å². The Bertz CT molecular complexity index is 549. The van der Waals surface area contributed by atoms with E-state index in [0.717, 1.165) is 18.5 Å². The Hall–Kier alpha value is -1.68. The molecule has 102 valence electrons. The number of nitrogens with zero attached hydrogens (tertiary/aromatic N) is 1. The Morgan fingerprint density at radius 3 is 2.84 bits per heavy atom. The van der Waals surface area contributed by atoms with Crippen LogP contribution in [0.4, 0.5) is 4.39 Å². The predicted octanol–water partition coefficient (Wildman–Crippen LogP) is 3.33. The minimum atomic E-state index is -0.225. The number of halogens is 1. The van der Waals surface area contributed by atoms with Crippen LogP contribution in [0.3, 0.4) is 0 Å². The fourth-order valence-electron chi connectivity index (χ4n) is 1.77. The van der Waals surface area contributed by atoms with Crippen LogP contribution in [0.5, 0.6) is 0 Å². The lowest BCUT2D eigenvalue weighted by atomic mass is 10.1. The van der Waals surface area contributed by atoms with E-state index in [0.29, 0.717) is 23.3 Å². The molecule has 0 spiro atoms. The van der Waals surface area contributed by atoms with Gasteiger partial charge >= 0.3 is 0 Å². The maximum absolute atomic E-state index is 13.5. The van der Waals surface area contributed by atoms with Crippen molar-refractivity contribution in [3.63, 3.8) is 0 Å². The van der Waals surface area contributed by atoms with Crippen molar-refractivity contribution in [2.75, 3.05) is 6.54 Å². The van der Waals surface area contributed by atoms with Crippen LogP contribution in [0.2, 0.25) is 0 Å². The van der Waals surface area contributed by atoms with E-state index in [9.17, 15) is 4.39 Å². The smallest absolute Gasteiger partial charge is 0.196 e. The summed E-state index contributed by atoms with van der Waals surface area (Å²) in [4.78, 5) is 4.21. The molecule has 2 rings (SSSR count). The maximum atomic E-state index is 13.5. The van der Waals surface area contributed by atoms with Crippen molar-refractivity contribution in [2.45, 2.75) is 33.2 Å². The van der Waals surface area contributed by atoms with Gasteiger partial charge in [-0.15, -0.1) is 0 Å². The molecule has 3 nitrogen and oxygen atoms in total. The molecule has 19 heavy (non-hydrogen) atoms. The Morgan fingerprint density at radius 1 is 1.37 bits per heavy atom. The van der Waals surface area contributed by atoms with Crippen molar-refractivity contribution in [3.05, 3.63) is 41.7 Å². The van der Waals surface area contributed by atoms with Crippen molar-refractivity contribution in [3.8, 4) is 11.3 Å². The summed E-state index contributed by atoms with van der Waals surface area (Å²) in [6.45, 7) is 6.74. The molecule has 1 aromatic carbocycles. The molecule has 4 heteroatoms. The van der Waals surface area contributed by atoms with Crippen molar-refractivity contribution in [1.29, 1.82) is 0 Å². The van der Waals surface area contributed by atoms with Crippen LogP contribution in [0, 0.1) is 12.7 Å². The van der Waals surface area contributed by atoms with Gasteiger partial charge in [0, 0.05) is 24.6 Å². The first-order chi connectivity index (χ1) is 9.06. The average molecular weight is 262 g/mol. The molecule has 1 heterocycles. The third-order valence-electron chi connectivity index (χ3n) is 2.90. The summed E-state index contributed by atoms with van der Waals surface area (Å²) in [6.07, 6.45) is 2.38. The first kappa shape index (κ1) is 13.7. The van der Waals surface area contributed by atoms with E-state index in [4.69, 9.17) is 4.42 Å². The quantitative estimate of drug-likeness (QED) is 0.898. The van der Waals surface area contributed by atoms with E-state index < -0.39 is 0 Å². The zero-order valence-corrected chi connectivity index (χ0v) is 11.5. The van der Waals surface area contributed by atoms with Gasteiger partial charge in [0.05, 0.1) is 6.20 Å². The fraction of sp³-hybridized carbons (Fsp3) is 0.400. The molecule has 0 aliphatic heterocycles. The Morgan fingerprint density at radius 2 is 2.16 bits per heavy atom. The molecule has 0 bridgehead atoms. The van der Waals surface area contributed by atoms with E-state index in [2.05, 4.69) is 24.1 Å². The molecular formula is C15H19FN2O. The zero-order chi connectivity index (χ0) is 13.8. The lowest BCUT2D eigenvalue weighted by Gasteiger charge is -2.05. The summed E-state index contributed by atoms with van der Waals surface area (Å²) in [5.74, 6) is 1.06. The molecule has 0 fully saturated rings. The molecule has 1 N–H and O–H groups in total. The molecular weight excluding hydrogens is 243 g/mol. The average Bonchev–Trinajstić information content (AvgIpc) is 2.81. The molecule has 0 unspecified atom stereocenters. The molecule has 0 aliphatic rings. The van der Waals surface area contributed by atoms with Crippen LogP contribution in [-0.4, -0.2) is 17.6 Å². The van der Waals surface area contributed by atoms with Gasteiger partial charge in [-0.2, -0.15) is 0 Å². The highest BCUT2D eigenvalue weighted by atomic mass is 19.1. The SMILES string of the molecule is Cc1ccc(-c2cnc(CCNC(C)C)o2)cc1F. The predicted molar refractivity (Wildman–Crippen MR) is 73.5 cm³/mol. The molecule has 0 aliphatic carbocycles. The number of benzene rings is 1. The van der Waals surface area contributed by atoms with Crippen molar-refractivity contribution in [1.82, 2.24) is 10.3 Å². The molecule has 1 aromatic heterocycles. The van der Waals surface area contributed by atoms with Crippen molar-refractivity contribution >= 4 is 0 Å². The number of hydrogen-bond acceptors (Lipinski definition) is 3. The molecule has 0 amide bonds. The van der Waals surface area contributed by atoms with Gasteiger partial charge < -0.3 is 9.73 Å². The third kappa shape index (κ3) is 3.64. The van der Waals surface area contributed by atoms with Crippen LogP contribution in [0.15, 0.2) is 28.8 Å². The lowest BCUT2D eigenvalue weighted by molar-refractivity contribution is 0.484. The van der Waals surface area contributed by atoms with Crippen molar-refractivity contribution < 1.29 is 8.81 Å². The summed E-state index contributed by atoms with van der Waals surface area (Å²) >= 11 is 0. The van der Waals surface area contributed by atoms with E-state index in [1.807, 2.05) is 6.07 Å². The van der Waals surface area contributed by atoms with E-state index >= 15 is 0 Å². The second-order valence-corrected chi connectivity index (χ2v) is 4.94. The van der Waals surface area contributed by atoms with Crippen molar-refractivity contribution in [2.24, 2.45) is 0 Å². The molecule has 0 saturated heterocycles. The number of oxazole rings is 1. The number of aromatic nitrogens is 1. The van der Waals surface area contributed by atoms with Gasteiger partial charge in [-0.1, -0.05) is 26.0 Å². The van der Waals surface area contributed by atoms with Crippen LogP contribution in [0.25, 0.3) is 11.3 Å². The van der Waals surface area contributed by atoms with Crippen LogP contribution in [-0.2, 0) is 6.42 Å². The van der Waals surface area contributed by atoms with Gasteiger partial charge in [0.25, 0.3) is 0 Å². The molecule has 2 aromatic rings. The van der Waals surface area contributed by atoms with Crippen LogP contribution < -0.4 is 5.32 Å². The highest BCUT2D eigenvalue weighted by Crippen LogP contribution is 2.22. The summed E-state index contributed by atoms with van der Waals surface area (Å²) < 4.78 is 19.1. The van der Waals surface area contributed by atoms with Gasteiger partial charge in [0.15, 0.2) is 11.7 Å². The first-order valence-corrected chi connectivity index (χ1v) is 6.51. The van der Waals surface area contributed by atoms with E-state index in [1.54, 1.807) is 19.2 Å². The van der Waals surface area contributed by atoms with Gasteiger partial charge in [-0.3, -0.25) is 0 Å².